The summed E-state index contributed by atoms with van der Waals surface area (Å²) in [6.07, 6.45) is 4.16. The molecule has 3 atom stereocenters. The number of nitrogens with zero attached hydrogens (tertiary/aromatic N) is 1. The molecule has 0 radical (unpaired) electrons. The molecule has 114 valence electrons. The van der Waals surface area contributed by atoms with Gasteiger partial charge in [-0.05, 0) is 19.3 Å². The van der Waals surface area contributed by atoms with Gasteiger partial charge in [-0.15, -0.1) is 0 Å². The first kappa shape index (κ1) is 15.1. The van der Waals surface area contributed by atoms with Crippen molar-refractivity contribution in [3.8, 4) is 0 Å². The van der Waals surface area contributed by atoms with Crippen LogP contribution in [0.5, 0.6) is 0 Å². The van der Waals surface area contributed by atoms with Gasteiger partial charge in [0.1, 0.15) is 0 Å². The fraction of sp³-hybridized carbons (Fsp3) is 0.857. The van der Waals surface area contributed by atoms with Crippen LogP contribution in [0, 0.1) is 5.92 Å². The standard InChI is InChI=1S/C14H26N4O2/c1-9(2)13(19)16-6-7-17-14(15-3)18-11-8-10-4-5-12(11)20-10/h9-12H,4-8H2,1-3H3,(H,16,19)(H2,15,17,18). The van der Waals surface area contributed by atoms with Crippen LogP contribution in [0.4, 0.5) is 0 Å². The summed E-state index contributed by atoms with van der Waals surface area (Å²) < 4.78 is 5.81. The van der Waals surface area contributed by atoms with Crippen LogP contribution in [0.25, 0.3) is 0 Å². The van der Waals surface area contributed by atoms with E-state index in [1.807, 2.05) is 13.8 Å². The molecule has 0 aromatic heterocycles. The van der Waals surface area contributed by atoms with E-state index in [0.717, 1.165) is 18.8 Å². The summed E-state index contributed by atoms with van der Waals surface area (Å²) in [5.41, 5.74) is 0. The summed E-state index contributed by atoms with van der Waals surface area (Å²) in [7, 11) is 1.76. The van der Waals surface area contributed by atoms with Crippen LogP contribution in [0.3, 0.4) is 0 Å². The molecular formula is C14H26N4O2. The summed E-state index contributed by atoms with van der Waals surface area (Å²) in [5.74, 6) is 0.889. The molecular weight excluding hydrogens is 256 g/mol. The molecule has 3 N–H and O–H groups in total. The first-order valence-electron chi connectivity index (χ1n) is 7.50. The van der Waals surface area contributed by atoms with Crippen molar-refractivity contribution in [2.24, 2.45) is 10.9 Å². The summed E-state index contributed by atoms with van der Waals surface area (Å²) in [5, 5.41) is 9.50. The molecule has 6 heteroatoms. The van der Waals surface area contributed by atoms with E-state index in [9.17, 15) is 4.79 Å². The Morgan fingerprint density at radius 1 is 1.30 bits per heavy atom. The summed E-state index contributed by atoms with van der Waals surface area (Å²) in [6.45, 7) is 5.04. The number of rotatable bonds is 5. The van der Waals surface area contributed by atoms with E-state index in [1.165, 1.54) is 6.42 Å². The van der Waals surface area contributed by atoms with Crippen LogP contribution in [0.15, 0.2) is 4.99 Å². The molecule has 2 rings (SSSR count). The minimum absolute atomic E-state index is 0.0265. The number of carbonyl (C=O) groups excluding carboxylic acids is 1. The van der Waals surface area contributed by atoms with Crippen molar-refractivity contribution in [2.45, 2.75) is 51.4 Å². The highest BCUT2D eigenvalue weighted by molar-refractivity contribution is 5.80. The molecule has 0 aromatic carbocycles. The highest BCUT2D eigenvalue weighted by Gasteiger charge is 2.41. The lowest BCUT2D eigenvalue weighted by molar-refractivity contribution is -0.123. The predicted octanol–water partition coefficient (Wildman–Crippen LogP) is 0.244. The summed E-state index contributed by atoms with van der Waals surface area (Å²) in [6, 6.07) is 0.366. The minimum Gasteiger partial charge on any atom is -0.373 e. The topological polar surface area (TPSA) is 74.8 Å². The van der Waals surface area contributed by atoms with E-state index in [0.29, 0.717) is 31.3 Å². The Morgan fingerprint density at radius 2 is 2.05 bits per heavy atom. The minimum atomic E-state index is 0.0265. The zero-order chi connectivity index (χ0) is 14.5. The molecule has 2 fully saturated rings. The first-order valence-corrected chi connectivity index (χ1v) is 7.50. The van der Waals surface area contributed by atoms with E-state index in [4.69, 9.17) is 4.74 Å². The molecule has 1 amide bonds. The Labute approximate surface area is 120 Å². The van der Waals surface area contributed by atoms with E-state index in [2.05, 4.69) is 20.9 Å². The third-order valence-electron chi connectivity index (χ3n) is 3.89. The van der Waals surface area contributed by atoms with Crippen LogP contribution in [0.2, 0.25) is 0 Å². The Balaban J connectivity index is 1.65. The van der Waals surface area contributed by atoms with Gasteiger partial charge in [-0.1, -0.05) is 13.8 Å². The zero-order valence-corrected chi connectivity index (χ0v) is 12.6. The number of nitrogens with one attached hydrogen (secondary N) is 3. The van der Waals surface area contributed by atoms with Crippen molar-refractivity contribution in [3.63, 3.8) is 0 Å². The highest BCUT2D eigenvalue weighted by Crippen LogP contribution is 2.34. The largest absolute Gasteiger partial charge is 0.373 e. The van der Waals surface area contributed by atoms with Gasteiger partial charge in [0.2, 0.25) is 5.91 Å². The molecule has 2 saturated heterocycles. The average Bonchev–Trinajstić information content (AvgIpc) is 3.04. The van der Waals surface area contributed by atoms with Crippen LogP contribution in [-0.2, 0) is 9.53 Å². The predicted molar refractivity (Wildman–Crippen MR) is 78.6 cm³/mol. The first-order chi connectivity index (χ1) is 9.60. The zero-order valence-electron chi connectivity index (χ0n) is 12.6. The van der Waals surface area contributed by atoms with Gasteiger partial charge in [-0.2, -0.15) is 0 Å². The molecule has 2 aliphatic rings. The van der Waals surface area contributed by atoms with Gasteiger partial charge < -0.3 is 20.7 Å². The van der Waals surface area contributed by atoms with Crippen molar-refractivity contribution >= 4 is 11.9 Å². The lowest BCUT2D eigenvalue weighted by Crippen LogP contribution is -2.49. The molecule has 0 saturated carbocycles. The molecule has 3 unspecified atom stereocenters. The highest BCUT2D eigenvalue weighted by atomic mass is 16.5. The summed E-state index contributed by atoms with van der Waals surface area (Å²) in [4.78, 5) is 15.6. The van der Waals surface area contributed by atoms with Crippen LogP contribution >= 0.6 is 0 Å². The molecule has 6 nitrogen and oxygen atoms in total. The molecule has 0 aromatic rings. The number of hydrogen-bond donors (Lipinski definition) is 3. The van der Waals surface area contributed by atoms with Crippen molar-refractivity contribution in [1.29, 1.82) is 0 Å². The van der Waals surface area contributed by atoms with Gasteiger partial charge in [0.15, 0.2) is 5.96 Å². The Bertz CT molecular complexity index is 370. The van der Waals surface area contributed by atoms with Crippen molar-refractivity contribution in [1.82, 2.24) is 16.0 Å². The normalized spacial score (nSPS) is 28.8. The van der Waals surface area contributed by atoms with Gasteiger partial charge in [-0.3, -0.25) is 9.79 Å². The number of carbonyl (C=O) groups is 1. The van der Waals surface area contributed by atoms with Crippen LogP contribution in [0.1, 0.15) is 33.1 Å². The Kier molecular flexibility index (Phi) is 5.23. The summed E-state index contributed by atoms with van der Waals surface area (Å²) >= 11 is 0. The van der Waals surface area contributed by atoms with E-state index in [-0.39, 0.29) is 11.8 Å². The second-order valence-corrected chi connectivity index (χ2v) is 5.81. The SMILES string of the molecule is CN=C(NCCNC(=O)C(C)C)NC1CC2CCC1O2. The second kappa shape index (κ2) is 6.92. The quantitative estimate of drug-likeness (QED) is 0.384. The van der Waals surface area contributed by atoms with Gasteiger partial charge in [0.05, 0.1) is 18.2 Å². The van der Waals surface area contributed by atoms with Crippen LogP contribution < -0.4 is 16.0 Å². The lowest BCUT2D eigenvalue weighted by Gasteiger charge is -2.22. The Morgan fingerprint density at radius 3 is 2.60 bits per heavy atom. The molecule has 2 aliphatic heterocycles. The number of guanidine groups is 1. The van der Waals surface area contributed by atoms with E-state index >= 15 is 0 Å². The number of aliphatic imine (C=N–C) groups is 1. The molecule has 20 heavy (non-hydrogen) atoms. The van der Waals surface area contributed by atoms with Crippen molar-refractivity contribution in [3.05, 3.63) is 0 Å². The van der Waals surface area contributed by atoms with Gasteiger partial charge in [0.25, 0.3) is 0 Å². The molecule has 0 spiro atoms. The van der Waals surface area contributed by atoms with Crippen molar-refractivity contribution < 1.29 is 9.53 Å². The third-order valence-corrected chi connectivity index (χ3v) is 3.89. The lowest BCUT2D eigenvalue weighted by atomic mass is 9.96. The number of ether oxygens (including phenoxy) is 1. The molecule has 2 bridgehead atoms. The van der Waals surface area contributed by atoms with Crippen molar-refractivity contribution in [2.75, 3.05) is 20.1 Å². The van der Waals surface area contributed by atoms with Crippen LogP contribution in [-0.4, -0.2) is 50.3 Å². The molecule has 2 heterocycles. The number of hydrogen-bond acceptors (Lipinski definition) is 3. The van der Waals surface area contributed by atoms with E-state index in [1.54, 1.807) is 7.05 Å². The smallest absolute Gasteiger partial charge is 0.222 e. The molecule has 0 aliphatic carbocycles. The second-order valence-electron chi connectivity index (χ2n) is 5.81. The van der Waals surface area contributed by atoms with Gasteiger partial charge in [0, 0.05) is 26.1 Å². The van der Waals surface area contributed by atoms with E-state index < -0.39 is 0 Å². The Hall–Kier alpha value is -1.30. The maximum absolute atomic E-state index is 11.4. The average molecular weight is 282 g/mol. The maximum atomic E-state index is 11.4. The third kappa shape index (κ3) is 3.85. The monoisotopic (exact) mass is 282 g/mol. The fourth-order valence-electron chi connectivity index (χ4n) is 2.73. The number of amides is 1. The maximum Gasteiger partial charge on any atom is 0.222 e. The fourth-order valence-corrected chi connectivity index (χ4v) is 2.73. The van der Waals surface area contributed by atoms with Gasteiger partial charge in [-0.25, -0.2) is 0 Å². The van der Waals surface area contributed by atoms with Gasteiger partial charge >= 0.3 is 0 Å². The number of fused-ring (bicyclic) bond motifs is 2.